The lowest BCUT2D eigenvalue weighted by atomic mass is 10.1. The first kappa shape index (κ1) is 19.4. The highest BCUT2D eigenvalue weighted by Gasteiger charge is 2.15. The summed E-state index contributed by atoms with van der Waals surface area (Å²) in [6, 6.07) is 10.3. The number of ether oxygens (including phenoxy) is 3. The Morgan fingerprint density at radius 1 is 0.885 bits per heavy atom. The molecule has 0 unspecified atom stereocenters. The molecule has 7 heteroatoms. The van der Waals surface area contributed by atoms with E-state index in [0.29, 0.717) is 41.9 Å². The summed E-state index contributed by atoms with van der Waals surface area (Å²) < 4.78 is 29.8. The molecule has 0 spiro atoms. The molecular formula is C19H24FN3O3. The maximum absolute atomic E-state index is 13.7. The summed E-state index contributed by atoms with van der Waals surface area (Å²) in [6.45, 7) is 0.774. The number of nitrogens with one attached hydrogen (secondary N) is 2. The zero-order chi connectivity index (χ0) is 18.9. The lowest BCUT2D eigenvalue weighted by molar-refractivity contribution is 0.322. The van der Waals surface area contributed by atoms with Gasteiger partial charge in [0.05, 0.1) is 21.3 Å². The average molecular weight is 361 g/mol. The molecular weight excluding hydrogens is 337 g/mol. The lowest BCUT2D eigenvalue weighted by Crippen LogP contribution is -2.36. The number of nitrogens with zero attached hydrogens (tertiary/aromatic N) is 1. The molecule has 2 rings (SSSR count). The topological polar surface area (TPSA) is 64.1 Å². The number of hydrogen-bond acceptors (Lipinski definition) is 4. The third kappa shape index (κ3) is 4.56. The summed E-state index contributed by atoms with van der Waals surface area (Å²) in [5, 5.41) is 6.27. The van der Waals surface area contributed by atoms with Crippen molar-refractivity contribution in [2.45, 2.75) is 13.1 Å². The molecule has 0 amide bonds. The predicted molar refractivity (Wildman–Crippen MR) is 99.5 cm³/mol. The molecule has 140 valence electrons. The Hall–Kier alpha value is -2.96. The Morgan fingerprint density at radius 3 is 2.12 bits per heavy atom. The zero-order valence-corrected chi connectivity index (χ0v) is 15.4. The third-order valence-electron chi connectivity index (χ3n) is 3.86. The fourth-order valence-corrected chi connectivity index (χ4v) is 2.52. The van der Waals surface area contributed by atoms with Crippen molar-refractivity contribution in [3.8, 4) is 17.2 Å². The first-order valence-electron chi connectivity index (χ1n) is 8.10. The van der Waals surface area contributed by atoms with Gasteiger partial charge in [0.1, 0.15) is 5.82 Å². The molecule has 0 saturated carbocycles. The van der Waals surface area contributed by atoms with Gasteiger partial charge in [-0.1, -0.05) is 18.2 Å². The molecule has 0 aromatic heterocycles. The maximum Gasteiger partial charge on any atom is 0.203 e. The molecule has 0 saturated heterocycles. The van der Waals surface area contributed by atoms with Gasteiger partial charge in [0, 0.05) is 31.3 Å². The summed E-state index contributed by atoms with van der Waals surface area (Å²) in [7, 11) is 6.37. The van der Waals surface area contributed by atoms with Crippen LogP contribution in [0, 0.1) is 5.82 Å². The van der Waals surface area contributed by atoms with E-state index in [1.165, 1.54) is 6.07 Å². The quantitative estimate of drug-likeness (QED) is 0.586. The van der Waals surface area contributed by atoms with Crippen molar-refractivity contribution in [1.82, 2.24) is 10.6 Å². The van der Waals surface area contributed by atoms with E-state index in [1.807, 2.05) is 12.1 Å². The summed E-state index contributed by atoms with van der Waals surface area (Å²) in [6.07, 6.45) is 0. The van der Waals surface area contributed by atoms with Crippen LogP contribution in [0.4, 0.5) is 4.39 Å². The van der Waals surface area contributed by atoms with Crippen LogP contribution in [0.5, 0.6) is 17.2 Å². The van der Waals surface area contributed by atoms with Crippen LogP contribution in [0.2, 0.25) is 0 Å². The number of methoxy groups -OCH3 is 3. The third-order valence-corrected chi connectivity index (χ3v) is 3.86. The van der Waals surface area contributed by atoms with Gasteiger partial charge in [-0.3, -0.25) is 4.99 Å². The van der Waals surface area contributed by atoms with E-state index in [-0.39, 0.29) is 5.82 Å². The molecule has 0 fully saturated rings. The van der Waals surface area contributed by atoms with E-state index in [0.717, 1.165) is 5.56 Å². The normalized spacial score (nSPS) is 11.0. The van der Waals surface area contributed by atoms with E-state index in [9.17, 15) is 4.39 Å². The first-order valence-corrected chi connectivity index (χ1v) is 8.10. The average Bonchev–Trinajstić information content (AvgIpc) is 2.68. The van der Waals surface area contributed by atoms with Crippen LogP contribution >= 0.6 is 0 Å². The number of guanidine groups is 1. The molecule has 6 nitrogen and oxygen atoms in total. The first-order chi connectivity index (χ1) is 12.6. The summed E-state index contributed by atoms with van der Waals surface area (Å²) in [5.41, 5.74) is 1.44. The van der Waals surface area contributed by atoms with Gasteiger partial charge < -0.3 is 24.8 Å². The van der Waals surface area contributed by atoms with E-state index in [4.69, 9.17) is 14.2 Å². The van der Waals surface area contributed by atoms with Gasteiger partial charge in [-0.15, -0.1) is 0 Å². The Kier molecular flexibility index (Phi) is 7.08. The minimum atomic E-state index is -0.253. The monoisotopic (exact) mass is 361 g/mol. The second-order valence-corrected chi connectivity index (χ2v) is 5.36. The number of rotatable bonds is 7. The van der Waals surface area contributed by atoms with Crippen LogP contribution in [-0.2, 0) is 13.1 Å². The zero-order valence-electron chi connectivity index (χ0n) is 15.4. The van der Waals surface area contributed by atoms with Crippen molar-refractivity contribution in [1.29, 1.82) is 0 Å². The molecule has 0 aliphatic carbocycles. The fraction of sp³-hybridized carbons (Fsp3) is 0.316. The largest absolute Gasteiger partial charge is 0.493 e. The highest BCUT2D eigenvalue weighted by molar-refractivity contribution is 5.79. The van der Waals surface area contributed by atoms with Crippen LogP contribution in [0.15, 0.2) is 41.4 Å². The van der Waals surface area contributed by atoms with Crippen molar-refractivity contribution in [2.75, 3.05) is 28.4 Å². The van der Waals surface area contributed by atoms with E-state index in [2.05, 4.69) is 15.6 Å². The Balaban J connectivity index is 2.05. The molecule has 0 heterocycles. The highest BCUT2D eigenvalue weighted by Crippen LogP contribution is 2.39. The van der Waals surface area contributed by atoms with E-state index in [1.54, 1.807) is 46.6 Å². The van der Waals surface area contributed by atoms with Crippen LogP contribution in [0.1, 0.15) is 11.1 Å². The van der Waals surface area contributed by atoms with E-state index >= 15 is 0 Å². The number of hydrogen-bond donors (Lipinski definition) is 2. The number of halogens is 1. The lowest BCUT2D eigenvalue weighted by Gasteiger charge is -2.17. The molecule has 2 N–H and O–H groups in total. The van der Waals surface area contributed by atoms with Gasteiger partial charge in [0.25, 0.3) is 0 Å². The standard InChI is InChI=1S/C19H24FN3O3/c1-21-19(22-11-13-7-5-6-8-15(13)20)23-12-14-9-10-16(24-2)18(26-4)17(14)25-3/h5-10H,11-12H2,1-4H3,(H2,21,22,23). The van der Waals surface area contributed by atoms with Crippen LogP contribution in [0.25, 0.3) is 0 Å². The van der Waals surface area contributed by atoms with Gasteiger partial charge in [-0.25, -0.2) is 4.39 Å². The molecule has 2 aromatic rings. The fourth-order valence-electron chi connectivity index (χ4n) is 2.52. The van der Waals surface area contributed by atoms with E-state index < -0.39 is 0 Å². The van der Waals surface area contributed by atoms with Crippen molar-refractivity contribution in [3.05, 3.63) is 53.3 Å². The van der Waals surface area contributed by atoms with Crippen molar-refractivity contribution in [3.63, 3.8) is 0 Å². The molecule has 0 radical (unpaired) electrons. The Bertz CT molecular complexity index is 766. The number of benzene rings is 2. The van der Waals surface area contributed by atoms with Crippen LogP contribution < -0.4 is 24.8 Å². The highest BCUT2D eigenvalue weighted by atomic mass is 19.1. The van der Waals surface area contributed by atoms with Crippen molar-refractivity contribution < 1.29 is 18.6 Å². The number of aliphatic imine (C=N–C) groups is 1. The van der Waals surface area contributed by atoms with Gasteiger partial charge in [0.2, 0.25) is 5.75 Å². The maximum atomic E-state index is 13.7. The van der Waals surface area contributed by atoms with Gasteiger partial charge in [0.15, 0.2) is 17.5 Å². The minimum absolute atomic E-state index is 0.253. The molecule has 2 aromatic carbocycles. The SMILES string of the molecule is CN=C(NCc1ccccc1F)NCc1ccc(OC)c(OC)c1OC. The molecule has 0 aliphatic rings. The second kappa shape index (κ2) is 9.50. The molecule has 0 bridgehead atoms. The predicted octanol–water partition coefficient (Wildman–Crippen LogP) is 2.72. The minimum Gasteiger partial charge on any atom is -0.493 e. The smallest absolute Gasteiger partial charge is 0.203 e. The van der Waals surface area contributed by atoms with Crippen LogP contribution in [-0.4, -0.2) is 34.3 Å². The molecule has 26 heavy (non-hydrogen) atoms. The Morgan fingerprint density at radius 2 is 1.54 bits per heavy atom. The summed E-state index contributed by atoms with van der Waals surface area (Å²) >= 11 is 0. The molecule has 0 aliphatic heterocycles. The summed E-state index contributed by atoms with van der Waals surface area (Å²) in [4.78, 5) is 4.15. The van der Waals surface area contributed by atoms with Gasteiger partial charge >= 0.3 is 0 Å². The van der Waals surface area contributed by atoms with Crippen molar-refractivity contribution >= 4 is 5.96 Å². The van der Waals surface area contributed by atoms with Crippen LogP contribution in [0.3, 0.4) is 0 Å². The molecule has 0 atom stereocenters. The Labute approximate surface area is 153 Å². The summed E-state index contributed by atoms with van der Waals surface area (Å²) in [5.74, 6) is 2.00. The van der Waals surface area contributed by atoms with Gasteiger partial charge in [-0.05, 0) is 18.2 Å². The van der Waals surface area contributed by atoms with Crippen molar-refractivity contribution in [2.24, 2.45) is 4.99 Å². The second-order valence-electron chi connectivity index (χ2n) is 5.36. The van der Waals surface area contributed by atoms with Gasteiger partial charge in [-0.2, -0.15) is 0 Å².